The Morgan fingerprint density at radius 1 is 0.971 bits per heavy atom. The van der Waals surface area contributed by atoms with Crippen molar-refractivity contribution in [3.05, 3.63) is 41.5 Å². The van der Waals surface area contributed by atoms with Crippen LogP contribution in [0, 0.1) is 40.4 Å². The normalized spacial score (nSPS) is 43.4. The fourth-order valence-electron chi connectivity index (χ4n) is 9.46. The largest absolute Gasteiger partial charge is 0.372 e. The first-order valence-corrected chi connectivity index (χ1v) is 14.0. The summed E-state index contributed by atoms with van der Waals surface area (Å²) in [5.74, 6) is 4.09. The van der Waals surface area contributed by atoms with Crippen molar-refractivity contribution in [3.63, 3.8) is 0 Å². The van der Waals surface area contributed by atoms with Crippen LogP contribution in [0.1, 0.15) is 97.2 Å². The molecule has 1 aromatic rings. The number of aromatic nitrogens is 2. The van der Waals surface area contributed by atoms with Gasteiger partial charge in [0.05, 0.1) is 17.4 Å². The molecule has 8 atom stereocenters. The van der Waals surface area contributed by atoms with Crippen LogP contribution in [0.15, 0.2) is 30.2 Å². The molecule has 5 aliphatic carbocycles. The van der Waals surface area contributed by atoms with Crippen molar-refractivity contribution in [3.8, 4) is 0 Å². The minimum Gasteiger partial charge on any atom is -0.372 e. The Labute approximate surface area is 206 Å². The molecule has 0 radical (unpaired) electrons. The highest BCUT2D eigenvalue weighted by molar-refractivity contribution is 5.52. The van der Waals surface area contributed by atoms with Crippen LogP contribution in [0.3, 0.4) is 0 Å². The average Bonchev–Trinajstić information content (AvgIpc) is 3.15. The smallest absolute Gasteiger partial charge is 0.116 e. The van der Waals surface area contributed by atoms with Gasteiger partial charge in [-0.25, -0.2) is 9.97 Å². The number of hydrogen-bond donors (Lipinski definition) is 0. The maximum atomic E-state index is 6.44. The van der Waals surface area contributed by atoms with Crippen LogP contribution < -0.4 is 0 Å². The molecule has 0 bridgehead atoms. The van der Waals surface area contributed by atoms with E-state index in [4.69, 9.17) is 4.74 Å². The van der Waals surface area contributed by atoms with Crippen LogP contribution in [0.4, 0.5) is 0 Å². The van der Waals surface area contributed by atoms with Gasteiger partial charge in [-0.2, -0.15) is 0 Å². The molecular formula is C31H44N2O. The van der Waals surface area contributed by atoms with Crippen molar-refractivity contribution in [2.45, 2.75) is 104 Å². The van der Waals surface area contributed by atoms with E-state index in [-0.39, 0.29) is 5.60 Å². The zero-order valence-corrected chi connectivity index (χ0v) is 22.0. The van der Waals surface area contributed by atoms with E-state index < -0.39 is 0 Å². The van der Waals surface area contributed by atoms with Gasteiger partial charge in [-0.15, -0.1) is 0 Å². The molecule has 3 nitrogen and oxygen atoms in total. The van der Waals surface area contributed by atoms with Crippen LogP contribution in [0.5, 0.6) is 0 Å². The summed E-state index contributed by atoms with van der Waals surface area (Å²) in [6.07, 6.45) is 23.4. The fraction of sp³-hybridized carbons (Fsp3) is 0.742. The summed E-state index contributed by atoms with van der Waals surface area (Å²) < 4.78 is 6.44. The molecule has 184 valence electrons. The van der Waals surface area contributed by atoms with Crippen LogP contribution in [0.25, 0.3) is 6.08 Å². The molecule has 5 aliphatic rings. The standard InChI is InChI=1S/C31H44N2O/c1-29(2,3)34-23-12-14-30(4)22(17-23)7-8-24-26-10-9-25(31(26,5)15-13-27(24)30)20-6-11-28-21(16-20)18-32-19-33-28/h6-7,11,18-20,23-27H,8-10,12-17H2,1-5H3/t20?,23-,24+,25-,26+,27+,30+,31-/m1/s1. The first-order chi connectivity index (χ1) is 16.2. The Morgan fingerprint density at radius 3 is 2.62 bits per heavy atom. The van der Waals surface area contributed by atoms with E-state index in [0.717, 1.165) is 42.2 Å². The Kier molecular flexibility index (Phi) is 5.41. The highest BCUT2D eigenvalue weighted by Gasteiger charge is 2.59. The third kappa shape index (κ3) is 3.64. The minimum absolute atomic E-state index is 0.0398. The molecule has 34 heavy (non-hydrogen) atoms. The number of nitrogens with zero attached hydrogens (tertiary/aromatic N) is 2. The molecule has 0 saturated heterocycles. The predicted octanol–water partition coefficient (Wildman–Crippen LogP) is 7.42. The maximum absolute atomic E-state index is 6.44. The minimum atomic E-state index is -0.0398. The highest BCUT2D eigenvalue weighted by Crippen LogP contribution is 2.67. The number of allylic oxidation sites excluding steroid dienone is 2. The van der Waals surface area contributed by atoms with Gasteiger partial charge in [0.15, 0.2) is 0 Å². The monoisotopic (exact) mass is 460 g/mol. The van der Waals surface area contributed by atoms with Crippen LogP contribution >= 0.6 is 0 Å². The van der Waals surface area contributed by atoms with E-state index in [1.807, 2.05) is 0 Å². The molecule has 3 fully saturated rings. The molecule has 6 rings (SSSR count). The number of ether oxygens (including phenoxy) is 1. The van der Waals surface area contributed by atoms with Gasteiger partial charge < -0.3 is 4.74 Å². The molecule has 0 N–H and O–H groups in total. The summed E-state index contributed by atoms with van der Waals surface area (Å²) in [5, 5.41) is 0. The van der Waals surface area contributed by atoms with Crippen LogP contribution in [0.2, 0.25) is 0 Å². The zero-order valence-electron chi connectivity index (χ0n) is 22.0. The Hall–Kier alpha value is -1.48. The van der Waals surface area contributed by atoms with Crippen molar-refractivity contribution in [1.29, 1.82) is 0 Å². The topological polar surface area (TPSA) is 35.0 Å². The van der Waals surface area contributed by atoms with E-state index >= 15 is 0 Å². The lowest BCUT2D eigenvalue weighted by Gasteiger charge is -2.58. The third-order valence-corrected chi connectivity index (χ3v) is 10.9. The average molecular weight is 461 g/mol. The van der Waals surface area contributed by atoms with Gasteiger partial charge in [0.2, 0.25) is 0 Å². The molecular weight excluding hydrogens is 416 g/mol. The lowest BCUT2D eigenvalue weighted by Crippen LogP contribution is -2.51. The van der Waals surface area contributed by atoms with E-state index in [1.54, 1.807) is 11.9 Å². The SMILES string of the molecule is CC(C)(C)O[C@@H]1CC[C@@]2(C)C(=CC[C@H]3[C@@H]4CC[C@H](C5C=Cc6ncncc6C5)[C@@]4(C)CC[C@@H]32)C1. The van der Waals surface area contributed by atoms with Crippen molar-refractivity contribution in [2.75, 3.05) is 0 Å². The van der Waals surface area contributed by atoms with E-state index in [2.05, 4.69) is 69.0 Å². The molecule has 1 aromatic heterocycles. The Bertz CT molecular complexity index is 1000. The molecule has 1 unspecified atom stereocenters. The van der Waals surface area contributed by atoms with E-state index in [1.165, 1.54) is 50.5 Å². The van der Waals surface area contributed by atoms with E-state index in [0.29, 0.717) is 22.9 Å². The number of rotatable bonds is 2. The summed E-state index contributed by atoms with van der Waals surface area (Å²) in [5.41, 5.74) is 5.07. The molecule has 1 heterocycles. The van der Waals surface area contributed by atoms with Crippen molar-refractivity contribution >= 4 is 6.08 Å². The van der Waals surface area contributed by atoms with Gasteiger partial charge in [-0.05, 0) is 131 Å². The second kappa shape index (κ2) is 8.02. The van der Waals surface area contributed by atoms with Crippen molar-refractivity contribution in [2.24, 2.45) is 40.4 Å². The molecule has 0 aromatic carbocycles. The predicted molar refractivity (Wildman–Crippen MR) is 138 cm³/mol. The summed E-state index contributed by atoms with van der Waals surface area (Å²) in [6.45, 7) is 11.9. The number of fused-ring (bicyclic) bond motifs is 6. The first kappa shape index (κ1) is 23.0. The molecule has 0 amide bonds. The fourth-order valence-corrected chi connectivity index (χ4v) is 9.46. The van der Waals surface area contributed by atoms with Gasteiger partial charge in [-0.1, -0.05) is 31.6 Å². The quantitative estimate of drug-likeness (QED) is 0.431. The van der Waals surface area contributed by atoms with Gasteiger partial charge in [0, 0.05) is 6.20 Å². The Balaban J connectivity index is 1.22. The third-order valence-electron chi connectivity index (χ3n) is 10.9. The van der Waals surface area contributed by atoms with Crippen LogP contribution in [-0.2, 0) is 11.2 Å². The van der Waals surface area contributed by atoms with Gasteiger partial charge in [0.1, 0.15) is 6.33 Å². The second-order valence-electron chi connectivity index (χ2n) is 13.7. The summed E-state index contributed by atoms with van der Waals surface area (Å²) in [4.78, 5) is 8.81. The highest BCUT2D eigenvalue weighted by atomic mass is 16.5. The van der Waals surface area contributed by atoms with Crippen molar-refractivity contribution < 1.29 is 4.74 Å². The summed E-state index contributed by atoms with van der Waals surface area (Å²) in [6, 6.07) is 0. The van der Waals surface area contributed by atoms with Crippen molar-refractivity contribution in [1.82, 2.24) is 9.97 Å². The molecule has 0 spiro atoms. The molecule has 3 saturated carbocycles. The summed E-state index contributed by atoms with van der Waals surface area (Å²) >= 11 is 0. The first-order valence-electron chi connectivity index (χ1n) is 14.0. The van der Waals surface area contributed by atoms with Gasteiger partial charge in [0.25, 0.3) is 0 Å². The van der Waals surface area contributed by atoms with Gasteiger partial charge in [-0.3, -0.25) is 0 Å². The summed E-state index contributed by atoms with van der Waals surface area (Å²) in [7, 11) is 0. The zero-order chi connectivity index (χ0) is 23.7. The Morgan fingerprint density at radius 2 is 1.79 bits per heavy atom. The second-order valence-corrected chi connectivity index (χ2v) is 13.7. The van der Waals surface area contributed by atoms with Crippen LogP contribution in [-0.4, -0.2) is 21.7 Å². The van der Waals surface area contributed by atoms with Gasteiger partial charge >= 0.3 is 0 Å². The van der Waals surface area contributed by atoms with E-state index in [9.17, 15) is 0 Å². The molecule has 0 aliphatic heterocycles. The maximum Gasteiger partial charge on any atom is 0.116 e. The number of hydrogen-bond acceptors (Lipinski definition) is 3. The lowest BCUT2D eigenvalue weighted by atomic mass is 9.47. The molecule has 3 heteroatoms. The lowest BCUT2D eigenvalue weighted by molar-refractivity contribution is -0.0950.